The zero-order chi connectivity index (χ0) is 15.2. The van der Waals surface area contributed by atoms with E-state index in [1.165, 1.54) is 12.1 Å². The van der Waals surface area contributed by atoms with Gasteiger partial charge in [-0.15, -0.1) is 0 Å². The maximum Gasteiger partial charge on any atom is 0.387 e. The Balaban J connectivity index is 1.92. The summed E-state index contributed by atoms with van der Waals surface area (Å²) in [4.78, 5) is 0. The molecule has 1 heterocycles. The van der Waals surface area contributed by atoms with Crippen LogP contribution in [0.1, 0.15) is 31.9 Å². The van der Waals surface area contributed by atoms with E-state index in [9.17, 15) is 8.78 Å². The standard InChI is InChI=1S/C15H16F2N2O2/c1-15(2)7-10(15)12-11(13(18)19-21-12)8-3-5-9(6-4-8)20-14(16)17/h3-6,10,14H,7H2,1-2H3,(H2,18,19). The van der Waals surface area contributed by atoms with E-state index >= 15 is 0 Å². The molecule has 6 heteroatoms. The van der Waals surface area contributed by atoms with Gasteiger partial charge in [-0.2, -0.15) is 8.78 Å². The van der Waals surface area contributed by atoms with Crippen LogP contribution in [0.3, 0.4) is 0 Å². The zero-order valence-corrected chi connectivity index (χ0v) is 11.8. The fourth-order valence-corrected chi connectivity index (χ4v) is 2.56. The molecule has 0 radical (unpaired) electrons. The first-order chi connectivity index (χ1) is 9.88. The summed E-state index contributed by atoms with van der Waals surface area (Å²) in [6.45, 7) is 1.47. The molecular formula is C15H16F2N2O2. The van der Waals surface area contributed by atoms with Gasteiger partial charge in [0.2, 0.25) is 0 Å². The van der Waals surface area contributed by atoms with Gasteiger partial charge in [0.1, 0.15) is 11.5 Å². The highest BCUT2D eigenvalue weighted by Gasteiger charge is 2.50. The van der Waals surface area contributed by atoms with Crippen molar-refractivity contribution < 1.29 is 18.0 Å². The van der Waals surface area contributed by atoms with Crippen LogP contribution in [-0.2, 0) is 0 Å². The molecule has 0 aliphatic heterocycles. The molecule has 2 aromatic rings. The molecule has 1 aromatic heterocycles. The van der Waals surface area contributed by atoms with Gasteiger partial charge >= 0.3 is 6.61 Å². The number of alkyl halides is 2. The molecule has 1 aliphatic carbocycles. The van der Waals surface area contributed by atoms with Crippen molar-refractivity contribution >= 4 is 5.82 Å². The molecule has 1 fully saturated rings. The van der Waals surface area contributed by atoms with Gasteiger partial charge in [-0.3, -0.25) is 0 Å². The monoisotopic (exact) mass is 294 g/mol. The lowest BCUT2D eigenvalue weighted by molar-refractivity contribution is -0.0498. The molecule has 0 spiro atoms. The van der Waals surface area contributed by atoms with Crippen molar-refractivity contribution in [1.29, 1.82) is 0 Å². The van der Waals surface area contributed by atoms with Gasteiger partial charge in [0.25, 0.3) is 0 Å². The molecule has 4 nitrogen and oxygen atoms in total. The van der Waals surface area contributed by atoms with Crippen molar-refractivity contribution in [3.8, 4) is 16.9 Å². The van der Waals surface area contributed by atoms with Crippen LogP contribution in [-0.4, -0.2) is 11.8 Å². The number of halogens is 2. The Hall–Kier alpha value is -2.11. The number of nitrogen functional groups attached to an aromatic ring is 1. The smallest absolute Gasteiger partial charge is 0.387 e. The number of nitrogens with zero attached hydrogens (tertiary/aromatic N) is 1. The highest BCUT2D eigenvalue weighted by atomic mass is 19.3. The molecule has 1 saturated carbocycles. The maximum atomic E-state index is 12.2. The predicted octanol–water partition coefficient (Wildman–Crippen LogP) is 4.04. The number of benzene rings is 1. The van der Waals surface area contributed by atoms with Gasteiger partial charge in [0.15, 0.2) is 5.82 Å². The van der Waals surface area contributed by atoms with E-state index in [-0.39, 0.29) is 17.1 Å². The van der Waals surface area contributed by atoms with Gasteiger partial charge in [-0.1, -0.05) is 31.1 Å². The third-order valence-electron chi connectivity index (χ3n) is 3.94. The Morgan fingerprint density at radius 2 is 1.95 bits per heavy atom. The van der Waals surface area contributed by atoms with Crippen molar-refractivity contribution in [2.24, 2.45) is 5.41 Å². The highest BCUT2D eigenvalue weighted by molar-refractivity contribution is 5.76. The Bertz CT molecular complexity index is 650. The van der Waals surface area contributed by atoms with Crippen molar-refractivity contribution in [3.63, 3.8) is 0 Å². The van der Waals surface area contributed by atoms with E-state index in [2.05, 4.69) is 23.7 Å². The van der Waals surface area contributed by atoms with E-state index in [0.29, 0.717) is 5.82 Å². The minimum Gasteiger partial charge on any atom is -0.435 e. The summed E-state index contributed by atoms with van der Waals surface area (Å²) in [7, 11) is 0. The fourth-order valence-electron chi connectivity index (χ4n) is 2.56. The van der Waals surface area contributed by atoms with Gasteiger partial charge in [0, 0.05) is 5.92 Å². The second kappa shape index (κ2) is 4.72. The molecule has 112 valence electrons. The Morgan fingerprint density at radius 3 is 2.48 bits per heavy atom. The number of rotatable bonds is 4. The Morgan fingerprint density at radius 1 is 1.33 bits per heavy atom. The molecular weight excluding hydrogens is 278 g/mol. The van der Waals surface area contributed by atoms with E-state index in [4.69, 9.17) is 10.3 Å². The largest absolute Gasteiger partial charge is 0.435 e. The topological polar surface area (TPSA) is 61.3 Å². The summed E-state index contributed by atoms with van der Waals surface area (Å²) >= 11 is 0. The molecule has 0 saturated heterocycles. The van der Waals surface area contributed by atoms with E-state index in [1.807, 2.05) is 0 Å². The van der Waals surface area contributed by atoms with Crippen molar-refractivity contribution in [3.05, 3.63) is 30.0 Å². The number of nitrogens with two attached hydrogens (primary N) is 1. The van der Waals surface area contributed by atoms with E-state index in [1.54, 1.807) is 12.1 Å². The molecule has 1 aromatic carbocycles. The SMILES string of the molecule is CC1(C)CC1c1onc(N)c1-c1ccc(OC(F)F)cc1. The third-order valence-corrected chi connectivity index (χ3v) is 3.94. The molecule has 2 N–H and O–H groups in total. The number of aromatic nitrogens is 1. The molecule has 1 aliphatic rings. The lowest BCUT2D eigenvalue weighted by atomic mass is 10.0. The van der Waals surface area contributed by atoms with Crippen LogP contribution in [0.15, 0.2) is 28.8 Å². The molecule has 21 heavy (non-hydrogen) atoms. The van der Waals surface area contributed by atoms with Crippen LogP contribution >= 0.6 is 0 Å². The first-order valence-corrected chi connectivity index (χ1v) is 6.69. The first-order valence-electron chi connectivity index (χ1n) is 6.69. The number of hydrogen-bond acceptors (Lipinski definition) is 4. The summed E-state index contributed by atoms with van der Waals surface area (Å²) in [5.74, 6) is 1.47. The van der Waals surface area contributed by atoms with Crippen LogP contribution in [0.2, 0.25) is 0 Å². The van der Waals surface area contributed by atoms with Crippen LogP contribution in [0.4, 0.5) is 14.6 Å². The summed E-state index contributed by atoms with van der Waals surface area (Å²) in [6.07, 6.45) is 1.02. The highest BCUT2D eigenvalue weighted by Crippen LogP contribution is 2.60. The molecule has 3 rings (SSSR count). The molecule has 1 unspecified atom stereocenters. The number of anilines is 1. The summed E-state index contributed by atoms with van der Waals surface area (Å²) in [5, 5.41) is 3.84. The summed E-state index contributed by atoms with van der Waals surface area (Å²) in [5.41, 5.74) is 7.60. The third kappa shape index (κ3) is 2.57. The van der Waals surface area contributed by atoms with Gasteiger partial charge in [-0.25, -0.2) is 0 Å². The average molecular weight is 294 g/mol. The van der Waals surface area contributed by atoms with Gasteiger partial charge < -0.3 is 15.0 Å². The summed E-state index contributed by atoms with van der Waals surface area (Å²) < 4.78 is 34.0. The maximum absolute atomic E-state index is 12.2. The lowest BCUT2D eigenvalue weighted by Gasteiger charge is -2.07. The quantitative estimate of drug-likeness (QED) is 0.924. The molecule has 0 amide bonds. The van der Waals surface area contributed by atoms with E-state index < -0.39 is 6.61 Å². The zero-order valence-electron chi connectivity index (χ0n) is 11.8. The van der Waals surface area contributed by atoms with Crippen LogP contribution in [0.25, 0.3) is 11.1 Å². The minimum atomic E-state index is -2.83. The lowest BCUT2D eigenvalue weighted by Crippen LogP contribution is -2.01. The fraction of sp³-hybridized carbons (Fsp3) is 0.400. The predicted molar refractivity (Wildman–Crippen MR) is 74.1 cm³/mol. The van der Waals surface area contributed by atoms with Crippen molar-refractivity contribution in [1.82, 2.24) is 5.16 Å². The molecule has 0 bridgehead atoms. The second-order valence-electron chi connectivity index (χ2n) is 5.96. The second-order valence-corrected chi connectivity index (χ2v) is 5.96. The van der Waals surface area contributed by atoms with Gasteiger partial charge in [-0.05, 0) is 29.5 Å². The van der Waals surface area contributed by atoms with Crippen LogP contribution in [0, 0.1) is 5.41 Å². The Labute approximate surface area is 120 Å². The number of hydrogen-bond donors (Lipinski definition) is 1. The van der Waals surface area contributed by atoms with Crippen LogP contribution in [0.5, 0.6) is 5.75 Å². The van der Waals surface area contributed by atoms with Crippen molar-refractivity contribution in [2.45, 2.75) is 32.8 Å². The average Bonchev–Trinajstić information content (AvgIpc) is 2.87. The Kier molecular flexibility index (Phi) is 3.11. The summed E-state index contributed by atoms with van der Waals surface area (Å²) in [6, 6.07) is 6.32. The minimum absolute atomic E-state index is 0.108. The normalized spacial score (nSPS) is 19.8. The first kappa shape index (κ1) is 13.9. The van der Waals surface area contributed by atoms with Gasteiger partial charge in [0.05, 0.1) is 5.56 Å². The van der Waals surface area contributed by atoms with Crippen molar-refractivity contribution in [2.75, 3.05) is 5.73 Å². The van der Waals surface area contributed by atoms with E-state index in [0.717, 1.165) is 23.3 Å². The number of ether oxygens (including phenoxy) is 1. The van der Waals surface area contributed by atoms with Crippen LogP contribution < -0.4 is 10.5 Å². The molecule has 1 atom stereocenters.